The predicted molar refractivity (Wildman–Crippen MR) is 133 cm³/mol. The number of carboxylic acids is 1. The quantitative estimate of drug-likeness (QED) is 0.115. The Kier molecular flexibility index (Phi) is 12.9. The number of para-hydroxylation sites is 1. The molecule has 0 unspecified atom stereocenters. The summed E-state index contributed by atoms with van der Waals surface area (Å²) in [7, 11) is 0. The summed E-state index contributed by atoms with van der Waals surface area (Å²) in [6.07, 6.45) is 10.1. The second kappa shape index (κ2) is 15.1. The Balaban J connectivity index is 0.00000432. The van der Waals surface area contributed by atoms with E-state index in [1.54, 1.807) is 6.21 Å². The van der Waals surface area contributed by atoms with Crippen molar-refractivity contribution in [2.24, 2.45) is 4.99 Å². The molecule has 9 heteroatoms. The van der Waals surface area contributed by atoms with E-state index >= 15 is 0 Å². The molecule has 0 saturated carbocycles. The maximum absolute atomic E-state index is 10.7. The summed E-state index contributed by atoms with van der Waals surface area (Å²) in [6, 6.07) is 15.7. The first-order chi connectivity index (χ1) is 16.4. The third-order valence-corrected chi connectivity index (χ3v) is 6.29. The molecular weight excluding hydrogens is 491 g/mol. The van der Waals surface area contributed by atoms with E-state index in [1.807, 2.05) is 60.7 Å². The number of anilines is 1. The van der Waals surface area contributed by atoms with E-state index in [0.29, 0.717) is 6.42 Å². The van der Waals surface area contributed by atoms with Crippen LogP contribution in [0.3, 0.4) is 0 Å². The number of aliphatic imine (C=N–C) groups is 1. The van der Waals surface area contributed by atoms with Gasteiger partial charge in [0, 0.05) is 40.4 Å². The molecule has 7 nitrogen and oxygen atoms in total. The van der Waals surface area contributed by atoms with Gasteiger partial charge in [-0.25, -0.2) is 5.26 Å². The van der Waals surface area contributed by atoms with Crippen molar-refractivity contribution in [1.29, 1.82) is 0 Å². The molecule has 0 fully saturated rings. The van der Waals surface area contributed by atoms with Gasteiger partial charge in [-0.3, -0.25) is 4.99 Å². The number of nitrogens with zero attached hydrogens (tertiary/aromatic N) is 2. The number of rotatable bonds is 12. The first-order valence-electron chi connectivity index (χ1n) is 11.2. The number of carbonyl (C=O) groups excluding carboxylic acids is 1. The fraction of sp³-hybridized carbons (Fsp3) is 0.308. The summed E-state index contributed by atoms with van der Waals surface area (Å²) in [5.74, 6) is -1.00. The molecule has 0 aliphatic carbocycles. The minimum atomic E-state index is -1.00. The van der Waals surface area contributed by atoms with E-state index in [9.17, 15) is 9.90 Å². The number of carboxylic acid groups (broad SMARTS) is 1. The number of hydrogen-bond acceptors (Lipinski definition) is 8. The second-order valence-corrected chi connectivity index (χ2v) is 9.19. The van der Waals surface area contributed by atoms with Gasteiger partial charge in [-0.2, -0.15) is 0 Å². The molecule has 0 saturated heterocycles. The fourth-order valence-electron chi connectivity index (χ4n) is 4.06. The Morgan fingerprint density at radius 2 is 1.91 bits per heavy atom. The molecule has 1 aliphatic heterocycles. The van der Waals surface area contributed by atoms with Crippen molar-refractivity contribution >= 4 is 35.6 Å². The molecule has 0 aromatic heterocycles. The van der Waals surface area contributed by atoms with Gasteiger partial charge < -0.3 is 14.8 Å². The van der Waals surface area contributed by atoms with Crippen LogP contribution in [0.5, 0.6) is 0 Å². The first-order valence-corrected chi connectivity index (χ1v) is 11.9. The Morgan fingerprint density at radius 1 is 1.14 bits per heavy atom. The Morgan fingerprint density at radius 3 is 2.63 bits per heavy atom. The van der Waals surface area contributed by atoms with Crippen molar-refractivity contribution in [1.82, 2.24) is 0 Å². The van der Waals surface area contributed by atoms with E-state index < -0.39 is 5.97 Å². The normalized spacial score (nSPS) is 15.6. The summed E-state index contributed by atoms with van der Waals surface area (Å²) >= 11 is 0.936. The summed E-state index contributed by atoms with van der Waals surface area (Å²) in [5.41, 5.74) is 3.97. The van der Waals surface area contributed by atoms with Crippen LogP contribution in [0.1, 0.15) is 45.1 Å². The molecule has 0 amide bonds. The Labute approximate surface area is 253 Å². The molecule has 0 radical (unpaired) electrons. The van der Waals surface area contributed by atoms with E-state index in [4.69, 9.17) is 5.26 Å². The third-order valence-electron chi connectivity index (χ3n) is 5.72. The van der Waals surface area contributed by atoms with Gasteiger partial charge in [-0.15, -0.1) is 4.33 Å². The zero-order valence-electron chi connectivity index (χ0n) is 20.3. The van der Waals surface area contributed by atoms with Crippen LogP contribution in [-0.2, 0) is 19.6 Å². The van der Waals surface area contributed by atoms with Crippen LogP contribution >= 0.6 is 12.0 Å². The molecule has 0 atom stereocenters. The molecule has 1 heterocycles. The molecule has 2 aromatic rings. The van der Waals surface area contributed by atoms with Crippen molar-refractivity contribution in [2.45, 2.75) is 49.8 Å². The Hall–Kier alpha value is -1.27. The third kappa shape index (κ3) is 8.66. The zero-order chi connectivity index (χ0) is 24.4. The first kappa shape index (κ1) is 30.0. The van der Waals surface area contributed by atoms with E-state index in [2.05, 4.69) is 39.2 Å². The minimum Gasteiger partial charge on any atom is -0.550 e. The van der Waals surface area contributed by atoms with Crippen LogP contribution in [0, 0.1) is 0 Å². The summed E-state index contributed by atoms with van der Waals surface area (Å²) in [4.78, 5) is 18.2. The van der Waals surface area contributed by atoms with Gasteiger partial charge in [0.1, 0.15) is 0 Å². The maximum Gasteiger partial charge on any atom is 1.00 e. The van der Waals surface area contributed by atoms with Crippen molar-refractivity contribution < 1.29 is 75.9 Å². The van der Waals surface area contributed by atoms with Gasteiger partial charge in [0.05, 0.1) is 17.7 Å². The van der Waals surface area contributed by atoms with Crippen LogP contribution in [-0.4, -0.2) is 24.0 Å². The predicted octanol–water partition coefficient (Wildman–Crippen LogP) is 2.37. The van der Waals surface area contributed by atoms with Crippen LogP contribution < -0.4 is 61.4 Å². The van der Waals surface area contributed by atoms with Gasteiger partial charge in [0.2, 0.25) is 0 Å². The van der Waals surface area contributed by atoms with E-state index in [-0.39, 0.29) is 63.2 Å². The SMILES string of the molecule is CC1(C)C(=CC=CC=Nc2ccccc2)N(CCCCCC(=O)[O-])c2ccc(SOOO)cc21.[K+]. The van der Waals surface area contributed by atoms with E-state index in [0.717, 1.165) is 59.0 Å². The van der Waals surface area contributed by atoms with Crippen LogP contribution in [0.25, 0.3) is 0 Å². The van der Waals surface area contributed by atoms with Crippen LogP contribution in [0.2, 0.25) is 0 Å². The molecule has 3 rings (SSSR count). The molecule has 0 spiro atoms. The fourth-order valence-corrected chi connectivity index (χ4v) is 4.46. The summed E-state index contributed by atoms with van der Waals surface area (Å²) in [5, 5.41) is 22.9. The molecule has 180 valence electrons. The van der Waals surface area contributed by atoms with Crippen molar-refractivity contribution in [3.8, 4) is 0 Å². The number of unbranched alkanes of at least 4 members (excludes halogenated alkanes) is 2. The molecule has 1 aliphatic rings. The van der Waals surface area contributed by atoms with Gasteiger partial charge in [-0.05, 0) is 67.3 Å². The number of carbonyl (C=O) groups is 1. The number of hydrogen-bond donors (Lipinski definition) is 1. The topological polar surface area (TPSA) is 94.4 Å². The largest absolute Gasteiger partial charge is 1.00 e. The number of allylic oxidation sites excluding steroid dienone is 4. The standard InChI is InChI=1S/C26H30N2O5S.K/c1-26(2)22-19-21(34-33-32-31)15-16-23(22)28(18-10-4-7-14-25(29)30)24(26)13-8-9-17-27-20-11-5-3-6-12-20;/h3,5-6,8-9,11-13,15-17,19,31H,4,7,10,14,18H2,1-2H3,(H,29,30);/q;+1/p-1. The zero-order valence-corrected chi connectivity index (χ0v) is 24.3. The van der Waals surface area contributed by atoms with Gasteiger partial charge >= 0.3 is 51.4 Å². The van der Waals surface area contributed by atoms with Crippen LogP contribution in [0.4, 0.5) is 11.4 Å². The molecule has 2 aromatic carbocycles. The number of fused-ring (bicyclic) bond motifs is 1. The second-order valence-electron chi connectivity index (χ2n) is 8.41. The maximum atomic E-state index is 10.7. The molecule has 35 heavy (non-hydrogen) atoms. The minimum absolute atomic E-state index is 0. The monoisotopic (exact) mass is 520 g/mol. The van der Waals surface area contributed by atoms with Crippen molar-refractivity contribution in [3.05, 3.63) is 78.0 Å². The smallest absolute Gasteiger partial charge is 0.550 e. The summed E-state index contributed by atoms with van der Waals surface area (Å²) in [6.45, 7) is 5.10. The molecule has 1 N–H and O–H groups in total. The Bertz CT molecular complexity index is 1060. The van der Waals surface area contributed by atoms with Gasteiger partial charge in [-0.1, -0.05) is 49.6 Å². The molecule has 0 bridgehead atoms. The van der Waals surface area contributed by atoms with Gasteiger partial charge in [0.15, 0.2) is 0 Å². The van der Waals surface area contributed by atoms with Crippen molar-refractivity contribution in [2.75, 3.05) is 11.4 Å². The van der Waals surface area contributed by atoms with Crippen LogP contribution in [0.15, 0.2) is 82.3 Å². The van der Waals surface area contributed by atoms with E-state index in [1.165, 1.54) is 0 Å². The van der Waals surface area contributed by atoms with Gasteiger partial charge in [0.25, 0.3) is 0 Å². The van der Waals surface area contributed by atoms with Crippen molar-refractivity contribution in [3.63, 3.8) is 0 Å². The number of benzene rings is 2. The molecular formula is C26H29KN2O5S. The average Bonchev–Trinajstić information content (AvgIpc) is 3.03. The number of aliphatic carboxylic acids is 1. The average molecular weight is 521 g/mol. The summed E-state index contributed by atoms with van der Waals surface area (Å²) < 4.78 is 4.61.